The lowest BCUT2D eigenvalue weighted by molar-refractivity contribution is -0.118. The number of carbonyl (C=O) groups is 2. The van der Waals surface area contributed by atoms with Crippen LogP contribution in [0.15, 0.2) is 90.1 Å². The Morgan fingerprint density at radius 3 is 2.32 bits per heavy atom. The number of para-hydroxylation sites is 2. The number of fused-ring (bicyclic) bond motifs is 1. The van der Waals surface area contributed by atoms with Gasteiger partial charge in [-0.15, -0.1) is 0 Å². The van der Waals surface area contributed by atoms with E-state index in [9.17, 15) is 9.59 Å². The molecule has 0 saturated heterocycles. The number of Topliss-reactive ketones (excluding diaryl/α,β-unsaturated/α-hetero) is 1. The van der Waals surface area contributed by atoms with Gasteiger partial charge in [0.15, 0.2) is 5.78 Å². The van der Waals surface area contributed by atoms with Crippen molar-refractivity contribution in [2.75, 3.05) is 17.3 Å². The van der Waals surface area contributed by atoms with Crippen LogP contribution < -0.4 is 15.0 Å². The van der Waals surface area contributed by atoms with Crippen LogP contribution in [0.4, 0.5) is 11.4 Å². The van der Waals surface area contributed by atoms with Crippen molar-refractivity contribution in [3.8, 4) is 5.75 Å². The van der Waals surface area contributed by atoms with Crippen molar-refractivity contribution in [1.82, 2.24) is 0 Å². The first-order valence-corrected chi connectivity index (χ1v) is 11.5. The van der Waals surface area contributed by atoms with Gasteiger partial charge < -0.3 is 10.1 Å². The van der Waals surface area contributed by atoms with Crippen LogP contribution in [-0.2, 0) is 4.79 Å². The zero-order valence-corrected chi connectivity index (χ0v) is 19.7. The summed E-state index contributed by atoms with van der Waals surface area (Å²) in [5.41, 5.74) is 4.38. The maximum absolute atomic E-state index is 14.1. The Bertz CT molecular complexity index is 1280. The third kappa shape index (κ3) is 3.87. The molecule has 0 bridgehead atoms. The van der Waals surface area contributed by atoms with Crippen molar-refractivity contribution >= 4 is 23.1 Å². The molecule has 5 heteroatoms. The molecule has 1 aliphatic heterocycles. The highest BCUT2D eigenvalue weighted by Gasteiger charge is 2.43. The predicted octanol–water partition coefficient (Wildman–Crippen LogP) is 6.15. The summed E-state index contributed by atoms with van der Waals surface area (Å²) in [4.78, 5) is 29.5. The Morgan fingerprint density at radius 1 is 0.941 bits per heavy atom. The molecular formula is C29H28N2O3. The molecular weight excluding hydrogens is 424 g/mol. The van der Waals surface area contributed by atoms with Gasteiger partial charge in [-0.3, -0.25) is 14.5 Å². The highest BCUT2D eigenvalue weighted by molar-refractivity contribution is 6.12. The first-order valence-electron chi connectivity index (χ1n) is 11.5. The van der Waals surface area contributed by atoms with Crippen molar-refractivity contribution in [2.45, 2.75) is 32.7 Å². The van der Waals surface area contributed by atoms with Gasteiger partial charge >= 0.3 is 0 Å². The minimum absolute atomic E-state index is 0.0678. The summed E-state index contributed by atoms with van der Waals surface area (Å²) < 4.78 is 5.36. The van der Waals surface area contributed by atoms with Gasteiger partial charge in [-0.25, -0.2) is 0 Å². The molecule has 1 N–H and O–H groups in total. The van der Waals surface area contributed by atoms with E-state index < -0.39 is 6.04 Å². The van der Waals surface area contributed by atoms with E-state index in [4.69, 9.17) is 4.74 Å². The van der Waals surface area contributed by atoms with E-state index in [-0.39, 0.29) is 17.1 Å². The number of allylic oxidation sites excluding steroid dienone is 1. The Morgan fingerprint density at radius 2 is 1.62 bits per heavy atom. The van der Waals surface area contributed by atoms with E-state index >= 15 is 0 Å². The van der Waals surface area contributed by atoms with Crippen molar-refractivity contribution in [3.63, 3.8) is 0 Å². The van der Waals surface area contributed by atoms with Crippen molar-refractivity contribution in [3.05, 3.63) is 101 Å². The van der Waals surface area contributed by atoms with E-state index in [0.717, 1.165) is 34.8 Å². The monoisotopic (exact) mass is 452 g/mol. The zero-order valence-electron chi connectivity index (χ0n) is 19.7. The molecule has 0 saturated carbocycles. The fraction of sp³-hybridized carbons (Fsp3) is 0.241. The van der Waals surface area contributed by atoms with Gasteiger partial charge in [0.1, 0.15) is 5.75 Å². The number of amides is 1. The predicted molar refractivity (Wildman–Crippen MR) is 134 cm³/mol. The molecule has 0 aromatic heterocycles. The number of rotatable bonds is 3. The average molecular weight is 453 g/mol. The van der Waals surface area contributed by atoms with E-state index in [2.05, 4.69) is 19.2 Å². The second-order valence-electron chi connectivity index (χ2n) is 9.69. The second-order valence-corrected chi connectivity index (χ2v) is 9.69. The fourth-order valence-corrected chi connectivity index (χ4v) is 5.03. The normalized spacial score (nSPS) is 19.0. The van der Waals surface area contributed by atoms with Crippen molar-refractivity contribution in [1.29, 1.82) is 0 Å². The highest BCUT2D eigenvalue weighted by Crippen LogP contribution is 2.48. The van der Waals surface area contributed by atoms with Crippen LogP contribution >= 0.6 is 0 Å². The van der Waals surface area contributed by atoms with Gasteiger partial charge in [-0.05, 0) is 53.8 Å². The standard InChI is InChI=1S/C29H28N2O3/c1-29(2)17-23-26(25(32)18-29)27(19-13-15-21(34-3)16-14-19)31(24-12-8-7-11-22(24)30-23)28(33)20-9-5-4-6-10-20/h4-16,27,30H,17-18H2,1-3H3/t27-/m0/s1. The third-order valence-electron chi connectivity index (χ3n) is 6.57. The Labute approximate surface area is 200 Å². The molecule has 34 heavy (non-hydrogen) atoms. The molecule has 0 spiro atoms. The number of carbonyl (C=O) groups excluding carboxylic acids is 2. The van der Waals surface area contributed by atoms with Crippen LogP contribution in [0.25, 0.3) is 0 Å². The Hall–Kier alpha value is -3.86. The molecule has 1 heterocycles. The molecule has 5 rings (SSSR count). The summed E-state index contributed by atoms with van der Waals surface area (Å²) in [6.45, 7) is 4.23. The lowest BCUT2D eigenvalue weighted by Gasteiger charge is -2.37. The largest absolute Gasteiger partial charge is 0.497 e. The van der Waals surface area contributed by atoms with Crippen LogP contribution in [0.2, 0.25) is 0 Å². The number of hydrogen-bond donors (Lipinski definition) is 1. The van der Waals surface area contributed by atoms with Gasteiger partial charge in [0.25, 0.3) is 5.91 Å². The van der Waals surface area contributed by atoms with Gasteiger partial charge in [-0.2, -0.15) is 0 Å². The minimum Gasteiger partial charge on any atom is -0.497 e. The van der Waals surface area contributed by atoms with Gasteiger partial charge in [0, 0.05) is 23.3 Å². The number of ether oxygens (including phenoxy) is 1. The van der Waals surface area contributed by atoms with Crippen LogP contribution in [0.3, 0.4) is 0 Å². The first-order chi connectivity index (χ1) is 16.4. The van der Waals surface area contributed by atoms with Crippen LogP contribution in [0.1, 0.15) is 48.7 Å². The number of nitrogens with zero attached hydrogens (tertiary/aromatic N) is 1. The number of benzene rings is 3. The number of ketones is 1. The molecule has 1 aliphatic carbocycles. The maximum Gasteiger partial charge on any atom is 0.259 e. The number of methoxy groups -OCH3 is 1. The molecule has 5 nitrogen and oxygen atoms in total. The van der Waals surface area contributed by atoms with Gasteiger partial charge in [0.2, 0.25) is 0 Å². The van der Waals surface area contributed by atoms with E-state index in [1.54, 1.807) is 12.0 Å². The summed E-state index contributed by atoms with van der Waals surface area (Å²) in [5, 5.41) is 3.55. The smallest absolute Gasteiger partial charge is 0.259 e. The van der Waals surface area contributed by atoms with Crippen LogP contribution in [0.5, 0.6) is 5.75 Å². The van der Waals surface area contributed by atoms with E-state index in [1.165, 1.54) is 0 Å². The van der Waals surface area contributed by atoms with Crippen molar-refractivity contribution in [2.24, 2.45) is 5.41 Å². The molecule has 0 fully saturated rings. The summed E-state index contributed by atoms with van der Waals surface area (Å²) in [6, 6.07) is 24.1. The average Bonchev–Trinajstić information content (AvgIpc) is 2.97. The van der Waals surface area contributed by atoms with E-state index in [0.29, 0.717) is 17.6 Å². The molecule has 3 aromatic rings. The molecule has 1 atom stereocenters. The SMILES string of the molecule is COc1ccc([C@H]2C3=C(CC(C)(C)CC3=O)Nc3ccccc3N2C(=O)c2ccccc2)cc1. The molecule has 3 aromatic carbocycles. The second kappa shape index (κ2) is 8.49. The van der Waals surface area contributed by atoms with Gasteiger partial charge in [-0.1, -0.05) is 56.3 Å². The number of anilines is 2. The molecule has 1 amide bonds. The summed E-state index contributed by atoms with van der Waals surface area (Å²) in [7, 11) is 1.62. The number of hydrogen-bond acceptors (Lipinski definition) is 4. The topological polar surface area (TPSA) is 58.6 Å². The van der Waals surface area contributed by atoms with Crippen LogP contribution in [-0.4, -0.2) is 18.8 Å². The maximum atomic E-state index is 14.1. The highest BCUT2D eigenvalue weighted by atomic mass is 16.5. The first kappa shape index (κ1) is 22.0. The van der Waals surface area contributed by atoms with E-state index in [1.807, 2.05) is 78.9 Å². The minimum atomic E-state index is -0.562. The summed E-state index contributed by atoms with van der Waals surface area (Å²) >= 11 is 0. The molecule has 172 valence electrons. The zero-order chi connectivity index (χ0) is 23.9. The lowest BCUT2D eigenvalue weighted by Crippen LogP contribution is -2.39. The molecule has 2 aliphatic rings. The Balaban J connectivity index is 1.78. The summed E-state index contributed by atoms with van der Waals surface area (Å²) in [6.07, 6.45) is 1.16. The number of nitrogens with one attached hydrogen (secondary N) is 1. The molecule has 0 unspecified atom stereocenters. The molecule has 0 radical (unpaired) electrons. The summed E-state index contributed by atoms with van der Waals surface area (Å²) in [5.74, 6) is 0.641. The Kier molecular flexibility index (Phi) is 5.48. The van der Waals surface area contributed by atoms with Crippen molar-refractivity contribution < 1.29 is 14.3 Å². The van der Waals surface area contributed by atoms with Gasteiger partial charge in [0.05, 0.1) is 24.5 Å². The lowest BCUT2D eigenvalue weighted by atomic mass is 9.73. The quantitative estimate of drug-likeness (QED) is 0.518. The third-order valence-corrected chi connectivity index (χ3v) is 6.57. The fourth-order valence-electron chi connectivity index (χ4n) is 5.03. The van der Waals surface area contributed by atoms with Crippen LogP contribution in [0, 0.1) is 5.41 Å².